The van der Waals surface area contributed by atoms with Crippen LogP contribution in [0.5, 0.6) is 5.75 Å². The summed E-state index contributed by atoms with van der Waals surface area (Å²) in [7, 11) is 0. The number of Topliss-reactive ketones (excluding diaryl/α,β-unsaturated/α-hetero) is 1. The molecule has 1 aromatic heterocycles. The van der Waals surface area contributed by atoms with Gasteiger partial charge in [-0.1, -0.05) is 44.7 Å². The number of thioether (sulfide) groups is 1. The molecule has 140 valence electrons. The van der Waals surface area contributed by atoms with Crippen molar-refractivity contribution in [3.05, 3.63) is 40.7 Å². The van der Waals surface area contributed by atoms with Crippen LogP contribution < -0.4 is 4.74 Å². The number of carbonyl (C=O) groups is 1. The van der Waals surface area contributed by atoms with Crippen molar-refractivity contribution in [2.75, 3.05) is 12.4 Å². The van der Waals surface area contributed by atoms with Gasteiger partial charge < -0.3 is 4.74 Å². The van der Waals surface area contributed by atoms with Crippen LogP contribution in [0.3, 0.4) is 0 Å². The van der Waals surface area contributed by atoms with Gasteiger partial charge in [0.25, 0.3) is 0 Å². The molecule has 2 aromatic rings. The molecule has 2 heterocycles. The number of hydrogen-bond donors (Lipinski definition) is 0. The summed E-state index contributed by atoms with van der Waals surface area (Å²) in [5.41, 5.74) is 4.25. The Kier molecular flexibility index (Phi) is 3.67. The second kappa shape index (κ2) is 5.77. The zero-order chi connectivity index (χ0) is 18.8. The maximum absolute atomic E-state index is 12.6. The van der Waals surface area contributed by atoms with Gasteiger partial charge in [0.1, 0.15) is 5.75 Å². The fourth-order valence-electron chi connectivity index (χ4n) is 4.98. The van der Waals surface area contributed by atoms with Crippen LogP contribution in [0.15, 0.2) is 23.4 Å². The lowest BCUT2D eigenvalue weighted by molar-refractivity contribution is 0.102. The molecule has 2 atom stereocenters. The van der Waals surface area contributed by atoms with Crippen LogP contribution in [0.25, 0.3) is 0 Å². The molecule has 0 N–H and O–H groups in total. The Morgan fingerprint density at radius 3 is 3.00 bits per heavy atom. The summed E-state index contributed by atoms with van der Waals surface area (Å²) in [5.74, 6) is 1.66. The van der Waals surface area contributed by atoms with E-state index < -0.39 is 0 Å². The zero-order valence-electron chi connectivity index (χ0n) is 15.9. The van der Waals surface area contributed by atoms with Crippen LogP contribution in [-0.2, 0) is 11.8 Å². The summed E-state index contributed by atoms with van der Waals surface area (Å²) in [5, 5.41) is 9.43. The quantitative estimate of drug-likeness (QED) is 0.590. The first-order chi connectivity index (χ1) is 12.9. The Balaban J connectivity index is 1.34. The molecule has 0 saturated heterocycles. The highest BCUT2D eigenvalue weighted by atomic mass is 32.2. The maximum atomic E-state index is 12.6. The van der Waals surface area contributed by atoms with E-state index in [1.807, 2.05) is 18.2 Å². The number of hydrogen-bond acceptors (Lipinski definition) is 6. The van der Waals surface area contributed by atoms with Crippen molar-refractivity contribution in [1.29, 1.82) is 0 Å². The third-order valence-corrected chi connectivity index (χ3v) is 7.96. The summed E-state index contributed by atoms with van der Waals surface area (Å²) in [6.07, 6.45) is 3.23. The average Bonchev–Trinajstić information content (AvgIpc) is 3.26. The number of rotatable bonds is 4. The monoisotopic (exact) mass is 381 g/mol. The molecule has 1 saturated carbocycles. The van der Waals surface area contributed by atoms with Gasteiger partial charge in [-0.05, 0) is 29.9 Å². The number of ketones is 1. The highest BCUT2D eigenvalue weighted by Crippen LogP contribution is 2.66. The first-order valence-corrected chi connectivity index (χ1v) is 10.6. The van der Waals surface area contributed by atoms with Crippen molar-refractivity contribution in [3.63, 3.8) is 0 Å². The minimum atomic E-state index is 0.0551. The number of aromatic nitrogens is 3. The first kappa shape index (κ1) is 17.2. The van der Waals surface area contributed by atoms with E-state index in [2.05, 4.69) is 31.0 Å². The molecule has 2 bridgehead atoms. The SMILES string of the molecule is CC1(C)[C@H]2CC[C@@]1(C)c1nc(SCC(=O)c3ccc4c(c3)OCC4)nnc12. The Labute approximate surface area is 163 Å². The Morgan fingerprint density at radius 1 is 1.30 bits per heavy atom. The van der Waals surface area contributed by atoms with Crippen LogP contribution >= 0.6 is 11.8 Å². The molecular weight excluding hydrogens is 358 g/mol. The van der Waals surface area contributed by atoms with E-state index in [1.165, 1.54) is 17.3 Å². The van der Waals surface area contributed by atoms with Gasteiger partial charge in [0.05, 0.1) is 23.7 Å². The largest absolute Gasteiger partial charge is 0.493 e. The van der Waals surface area contributed by atoms with Crippen molar-refractivity contribution in [1.82, 2.24) is 15.2 Å². The van der Waals surface area contributed by atoms with E-state index in [0.717, 1.165) is 36.4 Å². The van der Waals surface area contributed by atoms with Gasteiger partial charge in [-0.3, -0.25) is 4.79 Å². The molecule has 5 rings (SSSR count). The van der Waals surface area contributed by atoms with Crippen molar-refractivity contribution in [2.24, 2.45) is 5.41 Å². The Hall–Kier alpha value is -1.95. The topological polar surface area (TPSA) is 65.0 Å². The highest BCUT2D eigenvalue weighted by Gasteiger charge is 2.61. The molecule has 1 fully saturated rings. The molecule has 0 unspecified atom stereocenters. The molecule has 1 aromatic carbocycles. The molecule has 0 spiro atoms. The highest BCUT2D eigenvalue weighted by molar-refractivity contribution is 7.99. The van der Waals surface area contributed by atoms with Gasteiger partial charge in [0.15, 0.2) is 5.78 Å². The molecule has 27 heavy (non-hydrogen) atoms. The Morgan fingerprint density at radius 2 is 2.15 bits per heavy atom. The molecule has 6 heteroatoms. The van der Waals surface area contributed by atoms with E-state index in [9.17, 15) is 4.79 Å². The van der Waals surface area contributed by atoms with E-state index in [-0.39, 0.29) is 16.6 Å². The van der Waals surface area contributed by atoms with Crippen LogP contribution in [-0.4, -0.2) is 33.3 Å². The molecule has 5 nitrogen and oxygen atoms in total. The second-order valence-corrected chi connectivity index (χ2v) is 9.55. The minimum Gasteiger partial charge on any atom is -0.493 e. The van der Waals surface area contributed by atoms with Crippen molar-refractivity contribution in [3.8, 4) is 5.75 Å². The van der Waals surface area contributed by atoms with Crippen molar-refractivity contribution < 1.29 is 9.53 Å². The fourth-order valence-corrected chi connectivity index (χ4v) is 5.66. The zero-order valence-corrected chi connectivity index (χ0v) is 16.7. The third-order valence-electron chi connectivity index (χ3n) is 7.12. The second-order valence-electron chi connectivity index (χ2n) is 8.61. The van der Waals surface area contributed by atoms with Crippen LogP contribution in [0.2, 0.25) is 0 Å². The van der Waals surface area contributed by atoms with Gasteiger partial charge in [-0.15, -0.1) is 5.10 Å². The summed E-state index contributed by atoms with van der Waals surface area (Å²) in [4.78, 5) is 17.4. The standard InChI is InChI=1S/C21H23N3O2S/c1-20(2)14-6-8-21(20,3)18-17(14)23-24-19(22-18)27-11-15(25)13-5-4-12-7-9-26-16(12)10-13/h4-5,10,14H,6-9,11H2,1-3H3/t14-,21-/m0/s1. The van der Waals surface area contributed by atoms with E-state index >= 15 is 0 Å². The number of fused-ring (bicyclic) bond motifs is 6. The number of carbonyl (C=O) groups excluding carboxylic acids is 1. The lowest BCUT2D eigenvalue weighted by atomic mass is 9.70. The van der Waals surface area contributed by atoms with Gasteiger partial charge in [0, 0.05) is 23.3 Å². The summed E-state index contributed by atoms with van der Waals surface area (Å²) >= 11 is 1.37. The van der Waals surface area contributed by atoms with Crippen LogP contribution in [0, 0.1) is 5.41 Å². The van der Waals surface area contributed by atoms with E-state index in [4.69, 9.17) is 9.72 Å². The molecular formula is C21H23N3O2S. The number of nitrogens with zero attached hydrogens (tertiary/aromatic N) is 3. The molecule has 1 aliphatic heterocycles. The smallest absolute Gasteiger partial charge is 0.209 e. The molecule has 0 amide bonds. The average molecular weight is 382 g/mol. The van der Waals surface area contributed by atoms with Crippen molar-refractivity contribution in [2.45, 2.75) is 56.5 Å². The van der Waals surface area contributed by atoms with Gasteiger partial charge in [-0.25, -0.2) is 4.98 Å². The van der Waals surface area contributed by atoms with E-state index in [1.54, 1.807) is 0 Å². The van der Waals surface area contributed by atoms with Gasteiger partial charge >= 0.3 is 0 Å². The number of ether oxygens (including phenoxy) is 1. The molecule has 2 aliphatic carbocycles. The normalized spacial score (nSPS) is 26.6. The third kappa shape index (κ3) is 2.38. The predicted molar refractivity (Wildman–Crippen MR) is 104 cm³/mol. The summed E-state index contributed by atoms with van der Waals surface area (Å²) in [6, 6.07) is 5.74. The minimum absolute atomic E-state index is 0.0551. The lowest BCUT2D eigenvalue weighted by Crippen LogP contribution is -2.32. The van der Waals surface area contributed by atoms with Gasteiger partial charge in [0.2, 0.25) is 5.16 Å². The molecule has 0 radical (unpaired) electrons. The maximum Gasteiger partial charge on any atom is 0.209 e. The number of benzene rings is 1. The molecule has 3 aliphatic rings. The first-order valence-electron chi connectivity index (χ1n) is 9.57. The van der Waals surface area contributed by atoms with Crippen LogP contribution in [0.4, 0.5) is 0 Å². The van der Waals surface area contributed by atoms with Crippen LogP contribution in [0.1, 0.15) is 66.8 Å². The fraction of sp³-hybridized carbons (Fsp3) is 0.524. The van der Waals surface area contributed by atoms with E-state index in [0.29, 0.717) is 29.0 Å². The summed E-state index contributed by atoms with van der Waals surface area (Å²) < 4.78 is 5.57. The van der Waals surface area contributed by atoms with Crippen molar-refractivity contribution >= 4 is 17.5 Å². The van der Waals surface area contributed by atoms with Gasteiger partial charge in [-0.2, -0.15) is 5.10 Å². The Bertz CT molecular complexity index is 958. The predicted octanol–water partition coefficient (Wildman–Crippen LogP) is 3.96. The lowest BCUT2D eigenvalue weighted by Gasteiger charge is -2.33. The summed E-state index contributed by atoms with van der Waals surface area (Å²) in [6.45, 7) is 7.64.